The fraction of sp³-hybridized carbons (Fsp3) is 0.0526. The summed E-state index contributed by atoms with van der Waals surface area (Å²) in [5, 5.41) is 7.75. The van der Waals surface area contributed by atoms with E-state index < -0.39 is 0 Å². The fourth-order valence-corrected chi connectivity index (χ4v) is 9.60. The van der Waals surface area contributed by atoms with Crippen molar-refractivity contribution in [1.29, 1.82) is 0 Å². The Labute approximate surface area is 340 Å². The summed E-state index contributed by atoms with van der Waals surface area (Å²) >= 11 is 0. The molecule has 274 valence electrons. The minimum Gasteiger partial charge on any atom is -0.310 e. The number of hydrogen-bond acceptors (Lipinski definition) is 1. The highest BCUT2D eigenvalue weighted by molar-refractivity contribution is 6.28. The normalized spacial score (nSPS) is 12.8. The van der Waals surface area contributed by atoms with E-state index in [9.17, 15) is 0 Å². The third-order valence-electron chi connectivity index (χ3n) is 12.4. The molecule has 0 saturated heterocycles. The molecule has 0 N–H and O–H groups in total. The predicted octanol–water partition coefficient (Wildman–Crippen LogP) is 15.9. The zero-order chi connectivity index (χ0) is 38.8. The molecule has 0 amide bonds. The summed E-state index contributed by atoms with van der Waals surface area (Å²) in [6, 6.07) is 78.1. The molecule has 10 aromatic rings. The topological polar surface area (TPSA) is 3.24 Å². The Bertz CT molecular complexity index is 3150. The van der Waals surface area contributed by atoms with E-state index in [1.807, 2.05) is 0 Å². The highest BCUT2D eigenvalue weighted by atomic mass is 15.1. The second-order valence-electron chi connectivity index (χ2n) is 16.1. The Hall–Kier alpha value is -7.22. The maximum Gasteiger partial charge on any atom is 0.0467 e. The van der Waals surface area contributed by atoms with Crippen molar-refractivity contribution in [2.75, 3.05) is 4.90 Å². The summed E-state index contributed by atoms with van der Waals surface area (Å²) in [4.78, 5) is 2.42. The highest BCUT2D eigenvalue weighted by Crippen LogP contribution is 2.51. The van der Waals surface area contributed by atoms with Gasteiger partial charge in [-0.25, -0.2) is 0 Å². The van der Waals surface area contributed by atoms with Crippen molar-refractivity contribution in [1.82, 2.24) is 0 Å². The van der Waals surface area contributed by atoms with Gasteiger partial charge in [-0.3, -0.25) is 0 Å². The number of benzene rings is 10. The summed E-state index contributed by atoms with van der Waals surface area (Å²) in [5.74, 6) is 0. The second kappa shape index (κ2) is 13.5. The van der Waals surface area contributed by atoms with E-state index in [1.54, 1.807) is 0 Å². The van der Waals surface area contributed by atoms with Crippen LogP contribution in [0.3, 0.4) is 0 Å². The van der Waals surface area contributed by atoms with Crippen molar-refractivity contribution in [2.45, 2.75) is 19.3 Å². The zero-order valence-electron chi connectivity index (χ0n) is 32.7. The molecule has 0 spiro atoms. The lowest BCUT2D eigenvalue weighted by atomic mass is 9.82. The van der Waals surface area contributed by atoms with E-state index in [-0.39, 0.29) is 5.41 Å². The van der Waals surface area contributed by atoms with Gasteiger partial charge < -0.3 is 4.90 Å². The third kappa shape index (κ3) is 5.46. The van der Waals surface area contributed by atoms with Crippen molar-refractivity contribution < 1.29 is 0 Å². The van der Waals surface area contributed by atoms with Crippen LogP contribution in [0.2, 0.25) is 0 Å². The number of nitrogens with zero attached hydrogens (tertiary/aromatic N) is 1. The summed E-state index contributed by atoms with van der Waals surface area (Å²) in [6.45, 7) is 4.71. The number of anilines is 3. The van der Waals surface area contributed by atoms with Gasteiger partial charge >= 0.3 is 0 Å². The van der Waals surface area contributed by atoms with Crippen LogP contribution in [0.4, 0.5) is 17.1 Å². The molecule has 0 radical (unpaired) electrons. The van der Waals surface area contributed by atoms with Gasteiger partial charge in [-0.1, -0.05) is 184 Å². The van der Waals surface area contributed by atoms with E-state index >= 15 is 0 Å². The Balaban J connectivity index is 1.05. The monoisotopic (exact) mass is 739 g/mol. The first-order valence-electron chi connectivity index (χ1n) is 20.3. The van der Waals surface area contributed by atoms with Crippen LogP contribution in [-0.4, -0.2) is 0 Å². The highest BCUT2D eigenvalue weighted by Gasteiger charge is 2.35. The van der Waals surface area contributed by atoms with Crippen LogP contribution in [0.5, 0.6) is 0 Å². The SMILES string of the molecule is CC1(C)c2ccccc2-c2ccc(N(c3ccc(-c4ccccc4)cc3)c3cccc(-c4cccc(-c5cccc6c7ccccc7c7ccccc7c56)c4)c3)cc21. The van der Waals surface area contributed by atoms with E-state index in [2.05, 4.69) is 231 Å². The molecule has 0 unspecified atom stereocenters. The maximum atomic E-state index is 2.42. The Morgan fingerprint density at radius 3 is 1.53 bits per heavy atom. The standard InChI is InChI=1S/C57H41N/c1-57(2)54-28-11-10-24-50(54)51-34-33-45(37-55(51)57)58(43-31-29-39(30-32-43)38-15-4-3-5-16-38)44-20-13-18-41(36-44)40-17-12-19-42(35-40)46-26-14-27-53-49-22-7-6-21-47(49)48-23-8-9-25-52(48)56(46)53/h3-37H,1-2H3. The van der Waals surface area contributed by atoms with Crippen molar-refractivity contribution in [3.63, 3.8) is 0 Å². The first-order chi connectivity index (χ1) is 28.5. The van der Waals surface area contributed by atoms with Gasteiger partial charge in [0, 0.05) is 22.5 Å². The van der Waals surface area contributed by atoms with Crippen LogP contribution in [0.1, 0.15) is 25.0 Å². The molecular formula is C57H41N. The lowest BCUT2D eigenvalue weighted by molar-refractivity contribution is 0.660. The minimum atomic E-state index is -0.105. The zero-order valence-corrected chi connectivity index (χ0v) is 32.7. The molecule has 0 saturated carbocycles. The average molecular weight is 740 g/mol. The molecule has 10 aromatic carbocycles. The van der Waals surface area contributed by atoms with Crippen LogP contribution in [0.25, 0.3) is 76.8 Å². The number of rotatable bonds is 6. The van der Waals surface area contributed by atoms with Crippen molar-refractivity contribution in [3.8, 4) is 44.5 Å². The molecule has 0 fully saturated rings. The van der Waals surface area contributed by atoms with Crippen LogP contribution < -0.4 is 4.90 Å². The number of hydrogen-bond donors (Lipinski definition) is 0. The summed E-state index contributed by atoms with van der Waals surface area (Å²) < 4.78 is 0. The van der Waals surface area contributed by atoms with Crippen molar-refractivity contribution in [2.24, 2.45) is 0 Å². The molecule has 1 nitrogen and oxygen atoms in total. The summed E-state index contributed by atoms with van der Waals surface area (Å²) in [5.41, 5.74) is 15.9. The molecule has 1 aliphatic carbocycles. The quantitative estimate of drug-likeness (QED) is 0.154. The maximum absolute atomic E-state index is 2.42. The van der Waals surface area contributed by atoms with E-state index in [4.69, 9.17) is 0 Å². The molecule has 0 bridgehead atoms. The summed E-state index contributed by atoms with van der Waals surface area (Å²) in [6.07, 6.45) is 0. The molecule has 11 rings (SSSR count). The van der Waals surface area contributed by atoms with Gasteiger partial charge in [-0.2, -0.15) is 0 Å². The predicted molar refractivity (Wildman–Crippen MR) is 248 cm³/mol. The van der Waals surface area contributed by atoms with Gasteiger partial charge in [0.1, 0.15) is 0 Å². The fourth-order valence-electron chi connectivity index (χ4n) is 9.60. The molecular weight excluding hydrogens is 699 g/mol. The van der Waals surface area contributed by atoms with Crippen LogP contribution in [0, 0.1) is 0 Å². The van der Waals surface area contributed by atoms with Gasteiger partial charge in [0.2, 0.25) is 0 Å². The van der Waals surface area contributed by atoms with Gasteiger partial charge in [0.05, 0.1) is 0 Å². The van der Waals surface area contributed by atoms with E-state index in [0.717, 1.165) is 17.1 Å². The minimum absolute atomic E-state index is 0.105. The number of fused-ring (bicyclic) bond motifs is 9. The van der Waals surface area contributed by atoms with E-state index in [1.165, 1.54) is 88.0 Å². The van der Waals surface area contributed by atoms with Crippen LogP contribution in [0.15, 0.2) is 212 Å². The molecule has 0 aliphatic heterocycles. The van der Waals surface area contributed by atoms with Crippen LogP contribution in [-0.2, 0) is 5.41 Å². The molecule has 0 atom stereocenters. The van der Waals surface area contributed by atoms with Crippen LogP contribution >= 0.6 is 0 Å². The average Bonchev–Trinajstić information content (AvgIpc) is 3.52. The Morgan fingerprint density at radius 2 is 0.776 bits per heavy atom. The molecule has 1 heteroatoms. The van der Waals surface area contributed by atoms with E-state index in [0.29, 0.717) is 0 Å². The first-order valence-corrected chi connectivity index (χ1v) is 20.3. The Morgan fingerprint density at radius 1 is 0.293 bits per heavy atom. The van der Waals surface area contributed by atoms with Gasteiger partial charge in [0.25, 0.3) is 0 Å². The van der Waals surface area contributed by atoms with Crippen molar-refractivity contribution in [3.05, 3.63) is 223 Å². The lowest BCUT2D eigenvalue weighted by Crippen LogP contribution is -2.16. The largest absolute Gasteiger partial charge is 0.310 e. The van der Waals surface area contributed by atoms with Gasteiger partial charge in [0.15, 0.2) is 0 Å². The lowest BCUT2D eigenvalue weighted by Gasteiger charge is -2.28. The Kier molecular flexibility index (Phi) is 7.91. The van der Waals surface area contributed by atoms with Gasteiger partial charge in [-0.05, 0) is 130 Å². The van der Waals surface area contributed by atoms with Gasteiger partial charge in [-0.15, -0.1) is 0 Å². The first kappa shape index (κ1) is 34.1. The second-order valence-corrected chi connectivity index (χ2v) is 16.1. The molecule has 0 aromatic heterocycles. The molecule has 58 heavy (non-hydrogen) atoms. The smallest absolute Gasteiger partial charge is 0.0467 e. The van der Waals surface area contributed by atoms with Crippen molar-refractivity contribution >= 4 is 49.4 Å². The molecule has 0 heterocycles. The third-order valence-corrected chi connectivity index (χ3v) is 12.4. The molecule has 1 aliphatic rings. The summed E-state index contributed by atoms with van der Waals surface area (Å²) in [7, 11) is 0.